The lowest BCUT2D eigenvalue weighted by atomic mass is 9.81. The smallest absolute Gasteiger partial charge is 0.343 e. The molecule has 8 rings (SSSR count). The van der Waals surface area contributed by atoms with E-state index in [0.29, 0.717) is 53.7 Å². The summed E-state index contributed by atoms with van der Waals surface area (Å²) in [5.74, 6) is -5.11. The zero-order chi connectivity index (χ0) is 49.9. The maximum absolute atomic E-state index is 15.4. The Bertz CT molecular complexity index is 2790. The number of cyclic esters (lactones) is 1. The third kappa shape index (κ3) is 9.20. The van der Waals surface area contributed by atoms with Crippen molar-refractivity contribution in [2.45, 2.75) is 136 Å². The average Bonchev–Trinajstić information content (AvgIpc) is 3.89. The van der Waals surface area contributed by atoms with Gasteiger partial charge in [0.2, 0.25) is 41.4 Å². The molecule has 21 heteroatoms. The summed E-state index contributed by atoms with van der Waals surface area (Å²) < 4.78 is 28.0. The van der Waals surface area contributed by atoms with E-state index in [2.05, 4.69) is 26.6 Å². The van der Waals surface area contributed by atoms with Crippen LogP contribution in [0.1, 0.15) is 119 Å². The zero-order valence-electron chi connectivity index (χ0n) is 39.4. The van der Waals surface area contributed by atoms with E-state index in [4.69, 9.17) is 14.5 Å². The molecule has 5 aliphatic rings. The van der Waals surface area contributed by atoms with Gasteiger partial charge in [0.25, 0.3) is 5.56 Å². The van der Waals surface area contributed by atoms with Crippen molar-refractivity contribution in [3.05, 3.63) is 61.7 Å². The Morgan fingerprint density at radius 2 is 1.64 bits per heavy atom. The van der Waals surface area contributed by atoms with E-state index in [1.165, 1.54) is 31.4 Å². The summed E-state index contributed by atoms with van der Waals surface area (Å²) in [5.41, 5.74) is 1.22. The molecule has 7 amide bonds. The van der Waals surface area contributed by atoms with Gasteiger partial charge in [-0.1, -0.05) is 13.8 Å². The minimum Gasteiger partial charge on any atom is -0.458 e. The molecule has 1 aromatic carbocycles. The van der Waals surface area contributed by atoms with Gasteiger partial charge in [-0.15, -0.1) is 0 Å². The lowest BCUT2D eigenvalue weighted by Gasteiger charge is -2.31. The molecule has 3 aromatic rings. The van der Waals surface area contributed by atoms with E-state index in [-0.39, 0.29) is 87.6 Å². The first-order valence-corrected chi connectivity index (χ1v) is 23.4. The molecule has 6 atom stereocenters. The topological polar surface area (TPSA) is 274 Å². The van der Waals surface area contributed by atoms with Gasteiger partial charge >= 0.3 is 5.97 Å². The van der Waals surface area contributed by atoms with Crippen LogP contribution < -0.4 is 32.1 Å². The first-order chi connectivity index (χ1) is 32.7. The molecule has 1 saturated heterocycles. The Kier molecular flexibility index (Phi) is 13.2. The van der Waals surface area contributed by atoms with Crippen LogP contribution in [0, 0.1) is 24.1 Å². The molecule has 2 fully saturated rings. The number of carbonyl (C=O) groups excluding carboxylic acids is 8. The highest BCUT2D eigenvalue weighted by molar-refractivity contribution is 6.03. The third-order valence-electron chi connectivity index (χ3n) is 14.3. The number of hydrogen-bond donors (Lipinski definition) is 6. The Morgan fingerprint density at radius 1 is 0.957 bits per heavy atom. The lowest BCUT2D eigenvalue weighted by molar-refractivity contribution is -0.172. The summed E-state index contributed by atoms with van der Waals surface area (Å²) in [4.78, 5) is 121. The second-order valence-electron chi connectivity index (χ2n) is 19.2. The summed E-state index contributed by atoms with van der Waals surface area (Å²) in [6, 6.07) is -0.697. The largest absolute Gasteiger partial charge is 0.458 e. The number of aryl methyl sites for hydroxylation is 1. The van der Waals surface area contributed by atoms with Gasteiger partial charge in [0.15, 0.2) is 5.60 Å². The number of aliphatic hydroxyl groups is 1. The van der Waals surface area contributed by atoms with Crippen molar-refractivity contribution in [1.29, 1.82) is 0 Å². The predicted molar refractivity (Wildman–Crippen MR) is 242 cm³/mol. The van der Waals surface area contributed by atoms with Gasteiger partial charge in [0.05, 0.1) is 41.7 Å². The molecule has 0 radical (unpaired) electrons. The van der Waals surface area contributed by atoms with E-state index < -0.39 is 82.1 Å². The number of rotatable bonds is 17. The van der Waals surface area contributed by atoms with Crippen molar-refractivity contribution < 1.29 is 57.3 Å². The van der Waals surface area contributed by atoms with Gasteiger partial charge in [-0.3, -0.25) is 43.3 Å². The first-order valence-electron chi connectivity index (χ1n) is 23.4. The summed E-state index contributed by atoms with van der Waals surface area (Å²) in [5, 5.41) is 25.4. The van der Waals surface area contributed by atoms with Crippen molar-refractivity contribution in [3.8, 4) is 11.4 Å². The standard InChI is InChI=1S/C48H57FN8O12/c1-7-48(67)30-15-34-40-28(18-57(34)45(65)29(30)19-69-46(48)66)39-32(9-8-27-23(3)31(49)16-33(55-40)38(27)39)54-36(59)17-47(11-12-47)20-68-21-50-41(61)24(4)52-43(63)26(6)53-42(62)25(5)51-35(58)10-13-56-37(60)14-22(2)44(56)64/h15-16,22,24-26,32,67H,7-14,17-21H2,1-6H3,(H,50,61)(H,51,58)(H,52,63)(H,53,62)(H,54,59)/t22?,24-,25-,26-,32-,48-/m0/s1. The van der Waals surface area contributed by atoms with Crippen LogP contribution in [0.5, 0.6) is 0 Å². The average molecular weight is 957 g/mol. The van der Waals surface area contributed by atoms with Crippen molar-refractivity contribution in [2.75, 3.05) is 19.9 Å². The normalized spacial score (nSPS) is 21.9. The SMILES string of the molecule is CC[C@@]1(O)C(=O)OCc2c1cc1n(c2=O)Cc2c-1nc1cc(F)c(C)c3c1c2[C@@H](NC(=O)CC1(COCNC(=O)[C@H](C)NC(=O)[C@H](C)NC(=O)[C@H](C)NC(=O)CCN2C(=O)CC(C)C2=O)CC1)CC3. The fourth-order valence-corrected chi connectivity index (χ4v) is 9.86. The van der Waals surface area contributed by atoms with Crippen LogP contribution in [0.4, 0.5) is 4.39 Å². The van der Waals surface area contributed by atoms with Crippen LogP contribution in [0.3, 0.4) is 0 Å². The number of halogens is 1. The number of benzene rings is 1. The lowest BCUT2D eigenvalue weighted by Crippen LogP contribution is -2.54. The monoisotopic (exact) mass is 956 g/mol. The van der Waals surface area contributed by atoms with Gasteiger partial charge in [0, 0.05) is 59.7 Å². The van der Waals surface area contributed by atoms with Crippen molar-refractivity contribution in [2.24, 2.45) is 11.3 Å². The summed E-state index contributed by atoms with van der Waals surface area (Å²) in [7, 11) is 0. The quantitative estimate of drug-likeness (QED) is 0.0376. The molecular weight excluding hydrogens is 900 g/mol. The van der Waals surface area contributed by atoms with Crippen LogP contribution in [-0.4, -0.2) is 105 Å². The Labute approximate surface area is 395 Å². The Morgan fingerprint density at radius 3 is 2.29 bits per heavy atom. The molecule has 0 spiro atoms. The number of ether oxygens (including phenoxy) is 2. The number of esters is 1. The van der Waals surface area contributed by atoms with Gasteiger partial charge in [-0.25, -0.2) is 14.2 Å². The van der Waals surface area contributed by atoms with Gasteiger partial charge in [-0.2, -0.15) is 0 Å². The number of nitrogens with zero attached hydrogens (tertiary/aromatic N) is 3. The fraction of sp³-hybridized carbons (Fsp3) is 0.542. The van der Waals surface area contributed by atoms with Crippen molar-refractivity contribution in [1.82, 2.24) is 41.0 Å². The number of nitrogens with one attached hydrogen (secondary N) is 5. The Balaban J connectivity index is 0.835. The van der Waals surface area contributed by atoms with E-state index in [1.54, 1.807) is 26.8 Å². The minimum atomic E-state index is -2.02. The number of hydrogen-bond acceptors (Lipinski definition) is 13. The van der Waals surface area contributed by atoms with Crippen molar-refractivity contribution in [3.63, 3.8) is 0 Å². The molecule has 69 heavy (non-hydrogen) atoms. The van der Waals surface area contributed by atoms with Gasteiger partial charge < -0.3 is 45.7 Å². The van der Waals surface area contributed by atoms with E-state index in [9.17, 15) is 48.3 Å². The van der Waals surface area contributed by atoms with Crippen LogP contribution in [-0.2, 0) is 73.0 Å². The highest BCUT2D eigenvalue weighted by Gasteiger charge is 2.47. The number of fused-ring (bicyclic) bond motifs is 5. The third-order valence-corrected chi connectivity index (χ3v) is 14.3. The molecule has 2 aromatic heterocycles. The van der Waals surface area contributed by atoms with E-state index in [0.717, 1.165) is 21.4 Å². The predicted octanol–water partition coefficient (Wildman–Crippen LogP) is 1.19. The molecule has 5 heterocycles. The summed E-state index contributed by atoms with van der Waals surface area (Å²) >= 11 is 0. The second kappa shape index (κ2) is 18.7. The molecule has 3 aliphatic heterocycles. The molecule has 20 nitrogen and oxygen atoms in total. The highest BCUT2D eigenvalue weighted by Crippen LogP contribution is 2.50. The molecule has 1 unspecified atom stereocenters. The molecule has 368 valence electrons. The number of pyridine rings is 2. The minimum absolute atomic E-state index is 0.0258. The fourth-order valence-electron chi connectivity index (χ4n) is 9.86. The van der Waals surface area contributed by atoms with E-state index in [1.807, 2.05) is 0 Å². The highest BCUT2D eigenvalue weighted by atomic mass is 19.1. The molecule has 6 N–H and O–H groups in total. The van der Waals surface area contributed by atoms with Crippen LogP contribution in [0.25, 0.3) is 22.3 Å². The number of aromatic nitrogens is 2. The maximum atomic E-state index is 15.4. The number of likely N-dealkylation sites (tertiary alicyclic amines) is 1. The van der Waals surface area contributed by atoms with Crippen LogP contribution in [0.2, 0.25) is 0 Å². The molecular formula is C48H57FN8O12. The zero-order valence-corrected chi connectivity index (χ0v) is 39.4. The van der Waals surface area contributed by atoms with Crippen LogP contribution >= 0.6 is 0 Å². The second-order valence-corrected chi connectivity index (χ2v) is 19.2. The number of carbonyl (C=O) groups is 8. The molecule has 0 bridgehead atoms. The number of amides is 7. The summed E-state index contributed by atoms with van der Waals surface area (Å²) in [6.07, 6.45) is 2.32. The molecule has 1 saturated carbocycles. The van der Waals surface area contributed by atoms with Crippen LogP contribution in [0.15, 0.2) is 16.9 Å². The van der Waals surface area contributed by atoms with Gasteiger partial charge in [0.1, 0.15) is 37.3 Å². The summed E-state index contributed by atoms with van der Waals surface area (Å²) in [6.45, 7) is 8.90. The number of imide groups is 1. The Hall–Kier alpha value is -6.61. The van der Waals surface area contributed by atoms with Gasteiger partial charge in [-0.05, 0) is 82.6 Å². The van der Waals surface area contributed by atoms with Crippen molar-refractivity contribution >= 4 is 58.2 Å². The van der Waals surface area contributed by atoms with E-state index >= 15 is 4.39 Å². The maximum Gasteiger partial charge on any atom is 0.343 e. The first kappa shape index (κ1) is 48.8. The molecule has 2 aliphatic carbocycles.